The highest BCUT2D eigenvalue weighted by atomic mass is 32.2. The van der Waals surface area contributed by atoms with Gasteiger partial charge in [-0.05, 0) is 20.3 Å². The Hall–Kier alpha value is -3.44. The number of thiazole rings is 1. The van der Waals surface area contributed by atoms with Gasteiger partial charge in [-0.15, -0.1) is 11.3 Å². The van der Waals surface area contributed by atoms with E-state index in [1.54, 1.807) is 0 Å². The lowest BCUT2D eigenvalue weighted by Gasteiger charge is -2.41. The number of nitrogens with one attached hydrogen (secondary N) is 1. The molecule has 1 aromatic heterocycles. The normalized spacial score (nSPS) is 28.1. The van der Waals surface area contributed by atoms with Crippen molar-refractivity contribution < 1.29 is 39.0 Å². The fourth-order valence-corrected chi connectivity index (χ4v) is 6.07. The van der Waals surface area contributed by atoms with E-state index < -0.39 is 63.3 Å². The van der Waals surface area contributed by atoms with Gasteiger partial charge in [-0.3, -0.25) is 14.4 Å². The summed E-state index contributed by atoms with van der Waals surface area (Å²) in [5.74, 6) is -4.62. The molecular formula is C19H23N7O8S2. The second kappa shape index (κ2) is 8.90. The van der Waals surface area contributed by atoms with E-state index in [0.717, 1.165) is 23.1 Å². The number of carboxylic acid groups (broad SMARTS) is 2. The summed E-state index contributed by atoms with van der Waals surface area (Å²) in [5.41, 5.74) is 9.20. The third kappa shape index (κ3) is 4.11. The van der Waals surface area contributed by atoms with E-state index >= 15 is 0 Å². The number of carboxylic acids is 2. The van der Waals surface area contributed by atoms with Crippen molar-refractivity contribution in [2.75, 3.05) is 18.8 Å². The Morgan fingerprint density at radius 2 is 2.00 bits per heavy atom. The molecule has 0 bridgehead atoms. The van der Waals surface area contributed by atoms with Gasteiger partial charge in [-0.1, -0.05) is 16.9 Å². The summed E-state index contributed by atoms with van der Waals surface area (Å²) in [6.07, 6.45) is 0.288. The molecule has 4 atom stereocenters. The number of oxime groups is 1. The van der Waals surface area contributed by atoms with Crippen molar-refractivity contribution in [1.29, 1.82) is 0 Å². The van der Waals surface area contributed by atoms with Gasteiger partial charge in [0.1, 0.15) is 17.1 Å². The second-order valence-electron chi connectivity index (χ2n) is 8.82. The first kappa shape index (κ1) is 25.6. The van der Waals surface area contributed by atoms with Crippen LogP contribution in [0.2, 0.25) is 0 Å². The number of carbonyl (C=O) groups is 5. The molecule has 0 unspecified atom stereocenters. The molecular weight excluding hydrogens is 518 g/mol. The van der Waals surface area contributed by atoms with Crippen molar-refractivity contribution in [3.63, 3.8) is 0 Å². The van der Waals surface area contributed by atoms with Crippen molar-refractivity contribution in [3.05, 3.63) is 11.1 Å². The molecule has 3 aliphatic rings. The summed E-state index contributed by atoms with van der Waals surface area (Å²) < 4.78 is 0. The fourth-order valence-electron chi connectivity index (χ4n) is 3.88. The second-order valence-corrected chi connectivity index (χ2v) is 11.1. The smallest absolute Gasteiger partial charge is 0.350 e. The first-order chi connectivity index (χ1) is 16.8. The molecule has 3 amide bonds. The Balaban J connectivity index is 1.55. The number of anilines is 1. The average molecular weight is 542 g/mol. The molecule has 0 aromatic carbocycles. The van der Waals surface area contributed by atoms with Gasteiger partial charge in [0.25, 0.3) is 5.91 Å². The van der Waals surface area contributed by atoms with Crippen molar-refractivity contribution in [2.24, 2.45) is 10.9 Å². The van der Waals surface area contributed by atoms with Crippen LogP contribution < -0.4 is 16.8 Å². The highest BCUT2D eigenvalue weighted by Gasteiger charge is 2.66. The number of carbonyl (C=O) groups excluding carboxylic acids is 3. The number of rotatable bonds is 8. The molecule has 1 aromatic rings. The SMILES string of the molecule is CC(C)(O/N=C(\C(=O)N[C@@H]1C(=O)N2C[C@@](C(=O)O)(N3CC[C@H](N)C3=O)S[C@H]12)c1csc(N)n1)C(=O)O. The number of amides is 3. The molecule has 7 N–H and O–H groups in total. The number of nitrogens with zero attached hydrogens (tertiary/aromatic N) is 4. The number of likely N-dealkylation sites (tertiary alicyclic amines) is 1. The maximum Gasteiger partial charge on any atom is 0.350 e. The van der Waals surface area contributed by atoms with E-state index in [2.05, 4.69) is 15.5 Å². The van der Waals surface area contributed by atoms with Crippen LogP contribution >= 0.6 is 23.1 Å². The number of fused-ring (bicyclic) bond motifs is 1. The molecule has 36 heavy (non-hydrogen) atoms. The average Bonchev–Trinajstić information content (AvgIpc) is 3.49. The molecule has 4 heterocycles. The van der Waals surface area contributed by atoms with Gasteiger partial charge in [-0.2, -0.15) is 0 Å². The van der Waals surface area contributed by atoms with Crippen LogP contribution in [0, 0.1) is 0 Å². The third-order valence-corrected chi connectivity index (χ3v) is 8.36. The number of β-lactam (4-membered cyclic amide) rings is 1. The van der Waals surface area contributed by atoms with Gasteiger partial charge < -0.3 is 41.6 Å². The van der Waals surface area contributed by atoms with E-state index in [0.29, 0.717) is 0 Å². The Kier molecular flexibility index (Phi) is 6.34. The lowest BCUT2D eigenvalue weighted by molar-refractivity contribution is -0.161. The minimum Gasteiger partial charge on any atom is -0.479 e. The number of hydrogen-bond acceptors (Lipinski definition) is 12. The van der Waals surface area contributed by atoms with E-state index in [9.17, 15) is 34.2 Å². The van der Waals surface area contributed by atoms with Crippen LogP contribution in [0.3, 0.4) is 0 Å². The number of hydrogen-bond donors (Lipinski definition) is 5. The van der Waals surface area contributed by atoms with Crippen LogP contribution in [-0.2, 0) is 28.8 Å². The van der Waals surface area contributed by atoms with Gasteiger partial charge in [0, 0.05) is 11.9 Å². The summed E-state index contributed by atoms with van der Waals surface area (Å²) >= 11 is 1.87. The quantitative estimate of drug-likeness (QED) is 0.137. The number of thioether (sulfide) groups is 1. The third-order valence-electron chi connectivity index (χ3n) is 6.01. The largest absolute Gasteiger partial charge is 0.479 e. The number of aromatic nitrogens is 1. The number of nitrogens with two attached hydrogens (primary N) is 2. The molecule has 0 radical (unpaired) electrons. The molecule has 3 aliphatic heterocycles. The fraction of sp³-hybridized carbons (Fsp3) is 0.526. The molecule has 194 valence electrons. The van der Waals surface area contributed by atoms with E-state index in [-0.39, 0.29) is 30.3 Å². The van der Waals surface area contributed by atoms with Crippen LogP contribution in [0.4, 0.5) is 5.13 Å². The van der Waals surface area contributed by atoms with Gasteiger partial charge in [0.05, 0.1) is 12.6 Å². The standard InChI is InChI=1S/C19H23N7O8S2/c1-18(2,15(30)31)34-24-9(8-5-35-17(21)22-8)11(27)23-10-13(29)25-6-19(16(32)33,36-14(10)25)26-4-3-7(20)12(26)28/h5,7,10,14H,3-4,6,20H2,1-2H3,(H2,21,22)(H,23,27)(H,30,31)(H,32,33)/b24-9-/t7-,10+,14+,19+/m0/s1. The topological polar surface area (TPSA) is 231 Å². The molecule has 3 fully saturated rings. The zero-order valence-corrected chi connectivity index (χ0v) is 20.7. The molecule has 0 saturated carbocycles. The Labute approximate surface area is 211 Å². The molecule has 4 rings (SSSR count). The number of nitrogen functional groups attached to an aromatic ring is 1. The van der Waals surface area contributed by atoms with E-state index in [1.807, 2.05) is 0 Å². The molecule has 0 spiro atoms. The van der Waals surface area contributed by atoms with Crippen LogP contribution in [0.1, 0.15) is 26.0 Å². The van der Waals surface area contributed by atoms with Gasteiger partial charge >= 0.3 is 11.9 Å². The van der Waals surface area contributed by atoms with Crippen LogP contribution in [0.5, 0.6) is 0 Å². The van der Waals surface area contributed by atoms with Crippen molar-refractivity contribution in [3.8, 4) is 0 Å². The Morgan fingerprint density at radius 3 is 2.53 bits per heavy atom. The van der Waals surface area contributed by atoms with Gasteiger partial charge in [0.15, 0.2) is 10.8 Å². The first-order valence-electron chi connectivity index (χ1n) is 10.6. The maximum atomic E-state index is 13.1. The van der Waals surface area contributed by atoms with Gasteiger partial charge in [-0.25, -0.2) is 14.6 Å². The first-order valence-corrected chi connectivity index (χ1v) is 12.3. The van der Waals surface area contributed by atoms with E-state index in [4.69, 9.17) is 16.3 Å². The number of aliphatic carboxylic acids is 2. The predicted octanol–water partition coefficient (Wildman–Crippen LogP) is -1.95. The zero-order chi connectivity index (χ0) is 26.6. The lowest BCUT2D eigenvalue weighted by atomic mass is 10.1. The van der Waals surface area contributed by atoms with Gasteiger partial charge in [0.2, 0.25) is 22.3 Å². The van der Waals surface area contributed by atoms with Crippen LogP contribution in [0.25, 0.3) is 0 Å². The summed E-state index contributed by atoms with van der Waals surface area (Å²) in [4.78, 5) is 71.7. The molecule has 17 heteroatoms. The van der Waals surface area contributed by atoms with Crippen molar-refractivity contribution in [1.82, 2.24) is 20.1 Å². The maximum absolute atomic E-state index is 13.1. The zero-order valence-electron chi connectivity index (χ0n) is 19.0. The molecule has 3 saturated heterocycles. The molecule has 0 aliphatic carbocycles. The Bertz CT molecular complexity index is 1190. The van der Waals surface area contributed by atoms with E-state index in [1.165, 1.54) is 29.0 Å². The highest BCUT2D eigenvalue weighted by molar-refractivity contribution is 8.02. The summed E-state index contributed by atoms with van der Waals surface area (Å²) in [6.45, 7) is 2.32. The summed E-state index contributed by atoms with van der Waals surface area (Å²) in [6, 6.07) is -1.95. The minimum absolute atomic E-state index is 0.00424. The monoisotopic (exact) mass is 541 g/mol. The van der Waals surface area contributed by atoms with Crippen molar-refractivity contribution in [2.45, 2.75) is 48.2 Å². The summed E-state index contributed by atoms with van der Waals surface area (Å²) in [7, 11) is 0. The van der Waals surface area contributed by atoms with Crippen molar-refractivity contribution >= 4 is 63.6 Å². The van der Waals surface area contributed by atoms with Crippen LogP contribution in [0.15, 0.2) is 10.5 Å². The predicted molar refractivity (Wildman–Crippen MR) is 126 cm³/mol. The highest BCUT2D eigenvalue weighted by Crippen LogP contribution is 2.49. The Morgan fingerprint density at radius 1 is 1.31 bits per heavy atom. The minimum atomic E-state index is -1.78. The molecule has 15 nitrogen and oxygen atoms in total. The van der Waals surface area contributed by atoms with Crippen LogP contribution in [-0.4, -0.2) is 101 Å². The summed E-state index contributed by atoms with van der Waals surface area (Å²) in [5, 5.41) is 26.2. The lowest BCUT2D eigenvalue weighted by Crippen LogP contribution is -2.68.